The van der Waals surface area contributed by atoms with Gasteiger partial charge in [-0.05, 0) is 33.6 Å². The van der Waals surface area contributed by atoms with Gasteiger partial charge >= 0.3 is 13.3 Å². The van der Waals surface area contributed by atoms with E-state index in [1.807, 2.05) is 0 Å². The molecule has 0 aliphatic carbocycles. The summed E-state index contributed by atoms with van der Waals surface area (Å²) in [5, 5.41) is 29.7. The van der Waals surface area contributed by atoms with Gasteiger partial charge in [0.25, 0.3) is 5.56 Å². The molecular weight excluding hydrogens is 431 g/mol. The van der Waals surface area contributed by atoms with Gasteiger partial charge in [0, 0.05) is 17.7 Å². The summed E-state index contributed by atoms with van der Waals surface area (Å²) in [4.78, 5) is 36.4. The average molecular weight is 464 g/mol. The van der Waals surface area contributed by atoms with Crippen molar-refractivity contribution < 1.29 is 34.0 Å². The van der Waals surface area contributed by atoms with E-state index in [9.17, 15) is 34.4 Å². The van der Waals surface area contributed by atoms with E-state index < -0.39 is 60.2 Å². The highest BCUT2D eigenvalue weighted by atomic mass is 31.2. The summed E-state index contributed by atoms with van der Waals surface area (Å²) in [6, 6.07) is 0. The molecule has 0 aromatic carbocycles. The SMILES string of the molecule is CCC(O)(CC)P(=O)(O)OC(C)(C)C(C)C1OC(n2cc(C)c(=O)[nH]c2=O)C(O)C1O. The molecule has 1 aromatic heterocycles. The molecule has 2 heterocycles. The second kappa shape index (κ2) is 8.90. The highest BCUT2D eigenvalue weighted by Gasteiger charge is 2.54. The molecule has 1 aliphatic rings. The van der Waals surface area contributed by atoms with E-state index in [-0.39, 0.29) is 18.4 Å². The Morgan fingerprint density at radius 1 is 1.26 bits per heavy atom. The van der Waals surface area contributed by atoms with Crippen LogP contribution >= 0.6 is 7.60 Å². The van der Waals surface area contributed by atoms with Gasteiger partial charge in [0.2, 0.25) is 0 Å². The predicted molar refractivity (Wildman–Crippen MR) is 112 cm³/mol. The molecule has 0 amide bonds. The van der Waals surface area contributed by atoms with Crippen LogP contribution in [0.2, 0.25) is 0 Å². The van der Waals surface area contributed by atoms with Gasteiger partial charge in [-0.3, -0.25) is 18.9 Å². The summed E-state index contributed by atoms with van der Waals surface area (Å²) in [7, 11) is -4.50. The zero-order valence-electron chi connectivity index (χ0n) is 18.6. The molecule has 1 saturated heterocycles. The zero-order valence-corrected chi connectivity index (χ0v) is 19.5. The highest BCUT2D eigenvalue weighted by molar-refractivity contribution is 7.54. The number of nitrogens with one attached hydrogen (secondary N) is 1. The van der Waals surface area contributed by atoms with E-state index in [2.05, 4.69) is 4.98 Å². The number of ether oxygens (including phenoxy) is 1. The van der Waals surface area contributed by atoms with Crippen molar-refractivity contribution in [1.29, 1.82) is 0 Å². The van der Waals surface area contributed by atoms with Gasteiger partial charge in [0.1, 0.15) is 12.2 Å². The van der Waals surface area contributed by atoms with Gasteiger partial charge in [-0.2, -0.15) is 0 Å². The molecule has 31 heavy (non-hydrogen) atoms. The Morgan fingerprint density at radius 3 is 2.32 bits per heavy atom. The first-order chi connectivity index (χ1) is 14.1. The number of H-pyrrole nitrogens is 1. The van der Waals surface area contributed by atoms with Gasteiger partial charge in [-0.1, -0.05) is 20.8 Å². The topological polar surface area (TPSA) is 171 Å². The van der Waals surface area contributed by atoms with E-state index in [0.717, 1.165) is 4.57 Å². The summed E-state index contributed by atoms with van der Waals surface area (Å²) in [6.45, 7) is 9.24. The smallest absolute Gasteiger partial charge is 0.359 e. The molecule has 5 N–H and O–H groups in total. The molecular formula is C19H33N2O9P. The Labute approximate surface area is 180 Å². The molecule has 12 heteroatoms. The third-order valence-electron chi connectivity index (χ3n) is 6.30. The molecule has 6 atom stereocenters. The number of hydrogen-bond donors (Lipinski definition) is 5. The third kappa shape index (κ3) is 4.73. The van der Waals surface area contributed by atoms with Crippen LogP contribution in [-0.4, -0.2) is 59.0 Å². The van der Waals surface area contributed by atoms with Crippen LogP contribution in [0.15, 0.2) is 15.8 Å². The summed E-state index contributed by atoms with van der Waals surface area (Å²) in [6.07, 6.45) is -4.09. The number of nitrogens with zero attached hydrogens (tertiary/aromatic N) is 1. The maximum Gasteiger partial charge on any atom is 0.359 e. The minimum atomic E-state index is -4.50. The van der Waals surface area contributed by atoms with Crippen LogP contribution < -0.4 is 11.2 Å². The number of aromatic amines is 1. The second-order valence-corrected chi connectivity index (χ2v) is 10.7. The maximum atomic E-state index is 12.8. The first kappa shape index (κ1) is 25.9. The van der Waals surface area contributed by atoms with Gasteiger partial charge in [-0.15, -0.1) is 0 Å². The quantitative estimate of drug-likeness (QED) is 0.345. The van der Waals surface area contributed by atoms with Crippen LogP contribution in [0.1, 0.15) is 59.3 Å². The summed E-state index contributed by atoms with van der Waals surface area (Å²) in [5.41, 5.74) is -2.54. The van der Waals surface area contributed by atoms with Crippen molar-refractivity contribution in [3.63, 3.8) is 0 Å². The third-order valence-corrected chi connectivity index (χ3v) is 8.70. The molecule has 1 aromatic rings. The van der Waals surface area contributed by atoms with Crippen molar-refractivity contribution in [3.05, 3.63) is 32.6 Å². The molecule has 178 valence electrons. The van der Waals surface area contributed by atoms with Crippen LogP contribution in [0.25, 0.3) is 0 Å². The molecule has 0 radical (unpaired) electrons. The van der Waals surface area contributed by atoms with E-state index in [4.69, 9.17) is 9.26 Å². The van der Waals surface area contributed by atoms with Crippen LogP contribution in [0, 0.1) is 12.8 Å². The Hall–Kier alpha value is -1.33. The van der Waals surface area contributed by atoms with Crippen LogP contribution in [0.3, 0.4) is 0 Å². The lowest BCUT2D eigenvalue weighted by molar-refractivity contribution is -0.101. The number of rotatable bonds is 8. The summed E-state index contributed by atoms with van der Waals surface area (Å²) < 4.78 is 25.1. The van der Waals surface area contributed by atoms with Gasteiger partial charge in [0.15, 0.2) is 11.6 Å². The number of hydrogen-bond acceptors (Lipinski definition) is 8. The predicted octanol–water partition coefficient (Wildman–Crippen LogP) is 0.590. The van der Waals surface area contributed by atoms with E-state index >= 15 is 0 Å². The lowest BCUT2D eigenvalue weighted by Gasteiger charge is -2.40. The number of aryl methyl sites for hydroxylation is 1. The van der Waals surface area contributed by atoms with Crippen LogP contribution in [-0.2, 0) is 13.8 Å². The Morgan fingerprint density at radius 2 is 1.81 bits per heavy atom. The maximum absolute atomic E-state index is 12.8. The Kier molecular flexibility index (Phi) is 7.44. The monoisotopic (exact) mass is 464 g/mol. The number of aliphatic hydroxyl groups is 3. The normalized spacial score (nSPS) is 27.8. The van der Waals surface area contributed by atoms with Crippen LogP contribution in [0.4, 0.5) is 0 Å². The molecule has 0 spiro atoms. The summed E-state index contributed by atoms with van der Waals surface area (Å²) >= 11 is 0. The molecule has 0 bridgehead atoms. The fourth-order valence-electron chi connectivity index (χ4n) is 3.64. The molecule has 1 fully saturated rings. The number of aromatic nitrogens is 2. The largest absolute Gasteiger partial charge is 0.388 e. The van der Waals surface area contributed by atoms with Crippen LogP contribution in [0.5, 0.6) is 0 Å². The van der Waals surface area contributed by atoms with Crippen molar-refractivity contribution in [2.45, 2.75) is 89.9 Å². The van der Waals surface area contributed by atoms with Gasteiger partial charge in [0.05, 0.1) is 11.7 Å². The van der Waals surface area contributed by atoms with E-state index in [1.54, 1.807) is 20.8 Å². The minimum absolute atomic E-state index is 0.000438. The van der Waals surface area contributed by atoms with Crippen molar-refractivity contribution in [1.82, 2.24) is 9.55 Å². The Bertz CT molecular complexity index is 952. The average Bonchev–Trinajstić information content (AvgIpc) is 2.97. The van der Waals surface area contributed by atoms with E-state index in [0.29, 0.717) is 0 Å². The van der Waals surface area contributed by atoms with Crippen molar-refractivity contribution >= 4 is 7.60 Å². The van der Waals surface area contributed by atoms with Gasteiger partial charge in [-0.25, -0.2) is 4.79 Å². The van der Waals surface area contributed by atoms with Crippen molar-refractivity contribution in [2.75, 3.05) is 0 Å². The summed E-state index contributed by atoms with van der Waals surface area (Å²) in [5.74, 6) is -0.750. The molecule has 0 saturated carbocycles. The Balaban J connectivity index is 2.32. The highest BCUT2D eigenvalue weighted by Crippen LogP contribution is 2.60. The first-order valence-corrected chi connectivity index (χ1v) is 11.8. The molecule has 2 rings (SSSR count). The first-order valence-electron chi connectivity index (χ1n) is 10.2. The van der Waals surface area contributed by atoms with Crippen molar-refractivity contribution in [3.8, 4) is 0 Å². The van der Waals surface area contributed by atoms with E-state index in [1.165, 1.54) is 27.0 Å². The molecule has 1 aliphatic heterocycles. The second-order valence-electron chi connectivity index (χ2n) is 8.64. The van der Waals surface area contributed by atoms with Crippen molar-refractivity contribution in [2.24, 2.45) is 5.92 Å². The molecule has 6 unspecified atom stereocenters. The fourth-order valence-corrected chi connectivity index (χ4v) is 5.41. The lowest BCUT2D eigenvalue weighted by Crippen LogP contribution is -2.46. The minimum Gasteiger partial charge on any atom is -0.388 e. The zero-order chi connectivity index (χ0) is 23.9. The standard InChI is InChI=1S/C19H33N2O9P/c1-7-19(26,8-2)31(27,28)30-18(5,6)11(4)14-12(22)13(23)16(29-14)21-9-10(3)15(24)20-17(21)25/h9,11-14,16,22-23,26H,7-8H2,1-6H3,(H,27,28)(H,20,24,25). The van der Waals surface area contributed by atoms with Gasteiger partial charge < -0.3 is 29.5 Å². The number of aliphatic hydroxyl groups excluding tert-OH is 2. The fraction of sp³-hybridized carbons (Fsp3) is 0.789. The lowest BCUT2D eigenvalue weighted by atomic mass is 9.85. The molecule has 11 nitrogen and oxygen atoms in total.